The van der Waals surface area contributed by atoms with Crippen LogP contribution in [0.3, 0.4) is 0 Å². The lowest BCUT2D eigenvalue weighted by molar-refractivity contribution is 0.242. The second-order valence-corrected chi connectivity index (χ2v) is 8.46. The molecule has 7 nitrogen and oxygen atoms in total. The predicted octanol–water partition coefficient (Wildman–Crippen LogP) is 3.60. The van der Waals surface area contributed by atoms with Gasteiger partial charge in [0.1, 0.15) is 11.4 Å². The van der Waals surface area contributed by atoms with Gasteiger partial charge in [0, 0.05) is 69.0 Å². The minimum Gasteiger partial charge on any atom is -0.491 e. The first-order chi connectivity index (χ1) is 14.9. The highest BCUT2D eigenvalue weighted by Gasteiger charge is 2.23. The van der Waals surface area contributed by atoms with E-state index in [1.54, 1.807) is 12.4 Å². The van der Waals surface area contributed by atoms with Crippen molar-refractivity contribution in [3.05, 3.63) is 53.6 Å². The molecule has 1 aliphatic rings. The molecule has 2 aromatic heterocycles. The Kier molecular flexibility index (Phi) is 6.23. The fourth-order valence-corrected chi connectivity index (χ4v) is 4.12. The lowest BCUT2D eigenvalue weighted by atomic mass is 10.1. The van der Waals surface area contributed by atoms with Gasteiger partial charge in [0.2, 0.25) is 0 Å². The Balaban J connectivity index is 1.46. The molecule has 7 heteroatoms. The summed E-state index contributed by atoms with van der Waals surface area (Å²) in [6, 6.07) is 8.14. The van der Waals surface area contributed by atoms with E-state index >= 15 is 0 Å². The normalized spacial score (nSPS) is 15.0. The molecule has 0 spiro atoms. The van der Waals surface area contributed by atoms with E-state index in [0.29, 0.717) is 0 Å². The molecule has 164 valence electrons. The van der Waals surface area contributed by atoms with Crippen LogP contribution in [0.15, 0.2) is 36.7 Å². The minimum atomic E-state index is 0.161. The quantitative estimate of drug-likeness (QED) is 0.607. The van der Waals surface area contributed by atoms with E-state index in [1.165, 1.54) is 11.3 Å². The molecule has 1 aromatic carbocycles. The van der Waals surface area contributed by atoms with Gasteiger partial charge < -0.3 is 9.64 Å². The maximum Gasteiger partial charge on any atom is 0.155 e. The summed E-state index contributed by atoms with van der Waals surface area (Å²) in [5.74, 6) is 1.83. The molecule has 0 saturated carbocycles. The van der Waals surface area contributed by atoms with Gasteiger partial charge in [-0.25, -0.2) is 4.98 Å². The maximum atomic E-state index is 5.77. The lowest BCUT2D eigenvalue weighted by Gasteiger charge is -2.36. The number of aryl methyl sites for hydroxylation is 2. The van der Waals surface area contributed by atoms with Gasteiger partial charge in [-0.05, 0) is 52.0 Å². The third-order valence-corrected chi connectivity index (χ3v) is 5.89. The van der Waals surface area contributed by atoms with Crippen LogP contribution < -0.4 is 9.64 Å². The fraction of sp³-hybridized carbons (Fsp3) is 0.458. The first-order valence-corrected chi connectivity index (χ1v) is 11.0. The SMILES string of the molecule is Cc1nn(C)c(C)c1CN1CCN(c2nccnc2-c2ccc(OC(C)C)cc2)CC1. The van der Waals surface area contributed by atoms with E-state index < -0.39 is 0 Å². The predicted molar refractivity (Wildman–Crippen MR) is 123 cm³/mol. The second-order valence-electron chi connectivity index (χ2n) is 8.46. The summed E-state index contributed by atoms with van der Waals surface area (Å²) < 4.78 is 7.75. The van der Waals surface area contributed by atoms with Crippen LogP contribution in [0.5, 0.6) is 5.75 Å². The van der Waals surface area contributed by atoms with Crippen molar-refractivity contribution >= 4 is 5.82 Å². The summed E-state index contributed by atoms with van der Waals surface area (Å²) in [6.07, 6.45) is 3.71. The molecule has 1 saturated heterocycles. The molecule has 1 fully saturated rings. The summed E-state index contributed by atoms with van der Waals surface area (Å²) in [5.41, 5.74) is 5.71. The summed E-state index contributed by atoms with van der Waals surface area (Å²) >= 11 is 0. The lowest BCUT2D eigenvalue weighted by Crippen LogP contribution is -2.46. The molecular weight excluding hydrogens is 388 g/mol. The van der Waals surface area contributed by atoms with Crippen LogP contribution in [0.4, 0.5) is 5.82 Å². The van der Waals surface area contributed by atoms with Crippen LogP contribution >= 0.6 is 0 Å². The largest absolute Gasteiger partial charge is 0.491 e. The molecule has 0 amide bonds. The molecule has 1 aliphatic heterocycles. The smallest absolute Gasteiger partial charge is 0.155 e. The maximum absolute atomic E-state index is 5.77. The zero-order valence-electron chi connectivity index (χ0n) is 19.2. The Labute approximate surface area is 184 Å². The molecule has 0 aliphatic carbocycles. The van der Waals surface area contributed by atoms with Crippen molar-refractivity contribution in [3.8, 4) is 17.0 Å². The molecular formula is C24H32N6O. The molecule has 0 bridgehead atoms. The first-order valence-electron chi connectivity index (χ1n) is 11.0. The number of hydrogen-bond acceptors (Lipinski definition) is 6. The number of aromatic nitrogens is 4. The average Bonchev–Trinajstić information content (AvgIpc) is 3.00. The average molecular weight is 421 g/mol. The van der Waals surface area contributed by atoms with Crippen molar-refractivity contribution in [1.82, 2.24) is 24.6 Å². The van der Waals surface area contributed by atoms with Crippen molar-refractivity contribution in [2.75, 3.05) is 31.1 Å². The van der Waals surface area contributed by atoms with Gasteiger partial charge in [-0.3, -0.25) is 14.6 Å². The number of hydrogen-bond donors (Lipinski definition) is 0. The Morgan fingerprint density at radius 3 is 2.26 bits per heavy atom. The Morgan fingerprint density at radius 2 is 1.65 bits per heavy atom. The molecule has 31 heavy (non-hydrogen) atoms. The Hall–Kier alpha value is -2.93. The number of benzene rings is 1. The molecule has 0 N–H and O–H groups in total. The van der Waals surface area contributed by atoms with E-state index in [-0.39, 0.29) is 6.10 Å². The van der Waals surface area contributed by atoms with Crippen molar-refractivity contribution in [2.24, 2.45) is 7.05 Å². The van der Waals surface area contributed by atoms with Gasteiger partial charge >= 0.3 is 0 Å². The molecule has 3 aromatic rings. The molecule has 0 radical (unpaired) electrons. The zero-order valence-corrected chi connectivity index (χ0v) is 19.2. The highest BCUT2D eigenvalue weighted by molar-refractivity contribution is 5.72. The van der Waals surface area contributed by atoms with E-state index in [2.05, 4.69) is 45.9 Å². The third kappa shape index (κ3) is 4.71. The minimum absolute atomic E-state index is 0.161. The zero-order chi connectivity index (χ0) is 22.0. The highest BCUT2D eigenvalue weighted by Crippen LogP contribution is 2.29. The van der Waals surface area contributed by atoms with Gasteiger partial charge in [-0.15, -0.1) is 0 Å². The van der Waals surface area contributed by atoms with E-state index in [0.717, 1.165) is 61.2 Å². The number of anilines is 1. The standard InChI is InChI=1S/C24H32N6O/c1-17(2)31-21-8-6-20(7-9-21)23-24(26-11-10-25-23)30-14-12-29(13-15-30)16-22-18(3)27-28(5)19(22)4/h6-11,17H,12-16H2,1-5H3. The number of nitrogens with zero attached hydrogens (tertiary/aromatic N) is 6. The number of piperazine rings is 1. The molecule has 0 unspecified atom stereocenters. The van der Waals surface area contributed by atoms with Crippen molar-refractivity contribution in [3.63, 3.8) is 0 Å². The van der Waals surface area contributed by atoms with Crippen molar-refractivity contribution in [2.45, 2.75) is 40.3 Å². The summed E-state index contributed by atoms with van der Waals surface area (Å²) in [5, 5.41) is 4.56. The van der Waals surface area contributed by atoms with Crippen molar-refractivity contribution < 1.29 is 4.74 Å². The Bertz CT molecular complexity index is 1020. The van der Waals surface area contributed by atoms with Crippen molar-refractivity contribution in [1.29, 1.82) is 0 Å². The monoisotopic (exact) mass is 420 g/mol. The van der Waals surface area contributed by atoms with Crippen LogP contribution in [0.1, 0.15) is 30.8 Å². The topological polar surface area (TPSA) is 59.3 Å². The van der Waals surface area contributed by atoms with E-state index in [4.69, 9.17) is 9.72 Å². The summed E-state index contributed by atoms with van der Waals surface area (Å²) in [6.45, 7) is 13.1. The molecule has 3 heterocycles. The van der Waals surface area contributed by atoms with Gasteiger partial charge in [-0.2, -0.15) is 5.10 Å². The molecule has 0 atom stereocenters. The van der Waals surface area contributed by atoms with Crippen LogP contribution in [0, 0.1) is 13.8 Å². The second kappa shape index (κ2) is 9.06. The highest BCUT2D eigenvalue weighted by atomic mass is 16.5. The van der Waals surface area contributed by atoms with Gasteiger partial charge in [-0.1, -0.05) is 0 Å². The Morgan fingerprint density at radius 1 is 0.968 bits per heavy atom. The fourth-order valence-electron chi connectivity index (χ4n) is 4.12. The van der Waals surface area contributed by atoms with Gasteiger partial charge in [0.05, 0.1) is 11.8 Å². The van der Waals surface area contributed by atoms with E-state index in [1.807, 2.05) is 37.7 Å². The summed E-state index contributed by atoms with van der Waals surface area (Å²) in [4.78, 5) is 14.2. The van der Waals surface area contributed by atoms with E-state index in [9.17, 15) is 0 Å². The number of ether oxygens (including phenoxy) is 1. The van der Waals surface area contributed by atoms with Crippen LogP contribution in [0.25, 0.3) is 11.3 Å². The van der Waals surface area contributed by atoms with Crippen LogP contribution in [-0.2, 0) is 13.6 Å². The molecule has 4 rings (SSSR count). The van der Waals surface area contributed by atoms with Gasteiger partial charge in [0.25, 0.3) is 0 Å². The van der Waals surface area contributed by atoms with Crippen LogP contribution in [0.2, 0.25) is 0 Å². The summed E-state index contributed by atoms with van der Waals surface area (Å²) in [7, 11) is 2.01. The third-order valence-electron chi connectivity index (χ3n) is 5.89. The van der Waals surface area contributed by atoms with Gasteiger partial charge in [0.15, 0.2) is 5.82 Å². The van der Waals surface area contributed by atoms with Crippen LogP contribution in [-0.4, -0.2) is 56.9 Å². The first kappa shape index (κ1) is 21.3. The number of rotatable bonds is 6.